The fourth-order valence-corrected chi connectivity index (χ4v) is 3.01. The van der Waals surface area contributed by atoms with E-state index < -0.39 is 11.8 Å². The first kappa shape index (κ1) is 20.7. The topological polar surface area (TPSA) is 93.2 Å². The van der Waals surface area contributed by atoms with Gasteiger partial charge in [-0.05, 0) is 11.6 Å². The molecular weight excluding hydrogens is 404 g/mol. The summed E-state index contributed by atoms with van der Waals surface area (Å²) in [6, 6.07) is 26.6. The second-order valence-electron chi connectivity index (χ2n) is 6.81. The van der Waals surface area contributed by atoms with Crippen LogP contribution in [-0.2, 0) is 4.79 Å². The van der Waals surface area contributed by atoms with Gasteiger partial charge in [0.1, 0.15) is 5.75 Å². The summed E-state index contributed by atoms with van der Waals surface area (Å²) in [5.74, 6) is 0.0624. The summed E-state index contributed by atoms with van der Waals surface area (Å²) < 4.78 is 5.67. The maximum absolute atomic E-state index is 12.3. The van der Waals surface area contributed by atoms with Gasteiger partial charge in [-0.2, -0.15) is 0 Å². The Morgan fingerprint density at radius 2 is 1.31 bits per heavy atom. The van der Waals surface area contributed by atoms with Gasteiger partial charge in [0, 0.05) is 23.5 Å². The van der Waals surface area contributed by atoms with Gasteiger partial charge < -0.3 is 4.74 Å². The molecule has 0 aliphatic rings. The normalized spacial score (nSPS) is 10.2. The zero-order chi connectivity index (χ0) is 22.2. The lowest BCUT2D eigenvalue weighted by Gasteiger charge is -2.12. The minimum absolute atomic E-state index is 0.223. The van der Waals surface area contributed by atoms with E-state index in [1.807, 2.05) is 78.9 Å². The number of ether oxygens (including phenoxy) is 1. The quantitative estimate of drug-likeness (QED) is 0.461. The molecule has 2 amide bonds. The predicted molar refractivity (Wildman–Crippen MR) is 120 cm³/mol. The molecule has 0 radical (unpaired) electrons. The van der Waals surface area contributed by atoms with Gasteiger partial charge in [-0.25, -0.2) is 9.97 Å². The van der Waals surface area contributed by atoms with Gasteiger partial charge in [-0.3, -0.25) is 20.4 Å². The monoisotopic (exact) mass is 424 g/mol. The highest BCUT2D eigenvalue weighted by atomic mass is 16.5. The van der Waals surface area contributed by atoms with Crippen LogP contribution in [0.5, 0.6) is 5.75 Å². The SMILES string of the molecule is O=C(COc1ccccc1-c1ccccc1)NNC(=O)c1cnc(-c2ccccc2)nc1. The molecule has 0 aliphatic heterocycles. The number of nitrogens with zero attached hydrogens (tertiary/aromatic N) is 2. The summed E-state index contributed by atoms with van der Waals surface area (Å²) in [6.45, 7) is -0.256. The van der Waals surface area contributed by atoms with E-state index in [1.165, 1.54) is 12.4 Å². The average molecular weight is 424 g/mol. The van der Waals surface area contributed by atoms with Crippen LogP contribution in [-0.4, -0.2) is 28.4 Å². The Hall–Kier alpha value is -4.52. The first-order valence-corrected chi connectivity index (χ1v) is 9.94. The number of benzene rings is 3. The number of nitrogens with one attached hydrogen (secondary N) is 2. The van der Waals surface area contributed by atoms with E-state index in [9.17, 15) is 9.59 Å². The third-order valence-corrected chi connectivity index (χ3v) is 4.59. The third-order valence-electron chi connectivity index (χ3n) is 4.59. The molecule has 2 N–H and O–H groups in total. The maximum atomic E-state index is 12.3. The van der Waals surface area contributed by atoms with Crippen molar-refractivity contribution in [2.24, 2.45) is 0 Å². The number of aromatic nitrogens is 2. The van der Waals surface area contributed by atoms with Crippen molar-refractivity contribution in [3.63, 3.8) is 0 Å². The lowest BCUT2D eigenvalue weighted by atomic mass is 10.1. The third kappa shape index (κ3) is 5.14. The minimum Gasteiger partial charge on any atom is -0.483 e. The van der Waals surface area contributed by atoms with E-state index in [0.29, 0.717) is 11.6 Å². The Morgan fingerprint density at radius 3 is 2.00 bits per heavy atom. The minimum atomic E-state index is -0.525. The van der Waals surface area contributed by atoms with E-state index in [2.05, 4.69) is 20.8 Å². The molecule has 0 bridgehead atoms. The number of carbonyl (C=O) groups excluding carboxylic acids is 2. The number of rotatable bonds is 6. The van der Waals surface area contributed by atoms with Gasteiger partial charge in [0.25, 0.3) is 11.8 Å². The van der Waals surface area contributed by atoms with Gasteiger partial charge in [0.05, 0.1) is 5.56 Å². The van der Waals surface area contributed by atoms with Gasteiger partial charge in [0.2, 0.25) is 0 Å². The summed E-state index contributed by atoms with van der Waals surface area (Å²) in [4.78, 5) is 32.8. The standard InChI is InChI=1S/C25H20N4O3/c30-23(17-32-22-14-8-7-13-21(22)18-9-3-1-4-10-18)28-29-25(31)20-15-26-24(27-16-20)19-11-5-2-6-12-19/h1-16H,17H2,(H,28,30)(H,29,31). The van der Waals surface area contributed by atoms with Crippen molar-refractivity contribution in [2.75, 3.05) is 6.61 Å². The van der Waals surface area contributed by atoms with Crippen molar-refractivity contribution in [3.8, 4) is 28.3 Å². The van der Waals surface area contributed by atoms with Gasteiger partial charge >= 0.3 is 0 Å². The number of hydrogen-bond acceptors (Lipinski definition) is 5. The van der Waals surface area contributed by atoms with E-state index in [-0.39, 0.29) is 12.2 Å². The molecule has 0 fully saturated rings. The fourth-order valence-electron chi connectivity index (χ4n) is 3.01. The van der Waals surface area contributed by atoms with E-state index in [4.69, 9.17) is 4.74 Å². The molecule has 4 rings (SSSR count). The highest BCUT2D eigenvalue weighted by Crippen LogP contribution is 2.29. The largest absolute Gasteiger partial charge is 0.483 e. The number of hydrazine groups is 1. The number of hydrogen-bond donors (Lipinski definition) is 2. The van der Waals surface area contributed by atoms with Gasteiger partial charge in [0.15, 0.2) is 12.4 Å². The second kappa shape index (κ2) is 9.99. The van der Waals surface area contributed by atoms with Crippen LogP contribution in [0.1, 0.15) is 10.4 Å². The Labute approximate surface area is 185 Å². The van der Waals surface area contributed by atoms with Crippen molar-refractivity contribution in [1.29, 1.82) is 0 Å². The van der Waals surface area contributed by atoms with Crippen LogP contribution in [0.4, 0.5) is 0 Å². The lowest BCUT2D eigenvalue weighted by molar-refractivity contribution is -0.123. The molecule has 7 heteroatoms. The van der Waals surface area contributed by atoms with Crippen LogP contribution in [0.3, 0.4) is 0 Å². The van der Waals surface area contributed by atoms with E-state index >= 15 is 0 Å². The Balaban J connectivity index is 1.31. The Bertz CT molecular complexity index is 1200. The molecule has 158 valence electrons. The van der Waals surface area contributed by atoms with Crippen LogP contribution in [0, 0.1) is 0 Å². The maximum Gasteiger partial charge on any atom is 0.276 e. The predicted octanol–water partition coefficient (Wildman–Crippen LogP) is 3.65. The fraction of sp³-hybridized carbons (Fsp3) is 0.0400. The molecule has 1 heterocycles. The molecule has 0 saturated heterocycles. The summed E-state index contributed by atoms with van der Waals surface area (Å²) in [5, 5.41) is 0. The molecule has 0 atom stereocenters. The molecule has 0 spiro atoms. The lowest BCUT2D eigenvalue weighted by Crippen LogP contribution is -2.43. The van der Waals surface area contributed by atoms with Crippen LogP contribution < -0.4 is 15.6 Å². The van der Waals surface area contributed by atoms with Crippen LogP contribution in [0.25, 0.3) is 22.5 Å². The molecular formula is C25H20N4O3. The van der Waals surface area contributed by atoms with Gasteiger partial charge in [-0.15, -0.1) is 0 Å². The first-order valence-electron chi connectivity index (χ1n) is 9.94. The molecule has 0 saturated carbocycles. The van der Waals surface area contributed by atoms with Gasteiger partial charge in [-0.1, -0.05) is 78.9 Å². The molecule has 4 aromatic rings. The van der Waals surface area contributed by atoms with Crippen molar-refractivity contribution in [1.82, 2.24) is 20.8 Å². The van der Waals surface area contributed by atoms with E-state index in [0.717, 1.165) is 16.7 Å². The number of carbonyl (C=O) groups is 2. The Kier molecular flexibility index (Phi) is 6.48. The molecule has 1 aromatic heterocycles. The molecule has 7 nitrogen and oxygen atoms in total. The first-order chi connectivity index (χ1) is 15.7. The average Bonchev–Trinajstić information content (AvgIpc) is 2.87. The van der Waals surface area contributed by atoms with Crippen molar-refractivity contribution >= 4 is 11.8 Å². The molecule has 0 unspecified atom stereocenters. The summed E-state index contributed by atoms with van der Waals surface area (Å²) in [7, 11) is 0. The number of amides is 2. The summed E-state index contributed by atoms with van der Waals surface area (Å²) in [6.07, 6.45) is 2.81. The summed E-state index contributed by atoms with van der Waals surface area (Å²) in [5.41, 5.74) is 7.61. The second-order valence-corrected chi connectivity index (χ2v) is 6.81. The molecule has 0 aliphatic carbocycles. The Morgan fingerprint density at radius 1 is 0.719 bits per heavy atom. The van der Waals surface area contributed by atoms with Crippen molar-refractivity contribution in [2.45, 2.75) is 0 Å². The van der Waals surface area contributed by atoms with Crippen molar-refractivity contribution in [3.05, 3.63) is 103 Å². The zero-order valence-corrected chi connectivity index (χ0v) is 17.1. The van der Waals surface area contributed by atoms with Crippen LogP contribution in [0.2, 0.25) is 0 Å². The highest BCUT2D eigenvalue weighted by Gasteiger charge is 2.11. The smallest absolute Gasteiger partial charge is 0.276 e. The van der Waals surface area contributed by atoms with Crippen LogP contribution in [0.15, 0.2) is 97.3 Å². The van der Waals surface area contributed by atoms with E-state index in [1.54, 1.807) is 6.07 Å². The summed E-state index contributed by atoms with van der Waals surface area (Å²) >= 11 is 0. The van der Waals surface area contributed by atoms with Crippen molar-refractivity contribution < 1.29 is 14.3 Å². The molecule has 32 heavy (non-hydrogen) atoms. The highest BCUT2D eigenvalue weighted by molar-refractivity contribution is 5.95. The molecule has 3 aromatic carbocycles. The zero-order valence-electron chi connectivity index (χ0n) is 17.1. The van der Waals surface area contributed by atoms with Crippen LogP contribution >= 0.6 is 0 Å². The number of para-hydroxylation sites is 1.